The quantitative estimate of drug-likeness (QED) is 0.413. The van der Waals surface area contributed by atoms with Gasteiger partial charge in [-0.2, -0.15) is 0 Å². The van der Waals surface area contributed by atoms with Crippen LogP contribution in [0.15, 0.2) is 0 Å². The first-order chi connectivity index (χ1) is 8.95. The van der Waals surface area contributed by atoms with E-state index in [4.69, 9.17) is 0 Å². The zero-order chi connectivity index (χ0) is 14.2. The van der Waals surface area contributed by atoms with Gasteiger partial charge in [-0.05, 0) is 0 Å². The molecule has 2 aliphatic rings. The minimum Gasteiger partial charge on any atom is -0.462 e. The molecule has 3 rings (SSSR count). The zero-order valence-corrected chi connectivity index (χ0v) is 9.27. The fourth-order valence-electron chi connectivity index (χ4n) is 1.52. The van der Waals surface area contributed by atoms with Gasteiger partial charge in [0.15, 0.2) is 23.3 Å². The summed E-state index contributed by atoms with van der Waals surface area (Å²) in [5.74, 6) is -11.0. The molecule has 4 nitrogen and oxygen atoms in total. The van der Waals surface area contributed by atoms with E-state index in [1.807, 2.05) is 0 Å². The molecule has 0 saturated heterocycles. The molecule has 1 aromatic rings. The number of hydrogen-bond donors (Lipinski definition) is 0. The first-order valence-electron chi connectivity index (χ1n) is 5.15. The van der Waals surface area contributed by atoms with Crippen molar-refractivity contribution in [3.63, 3.8) is 0 Å². The maximum Gasteiger partial charge on any atom is 0.344 e. The van der Waals surface area contributed by atoms with Crippen molar-refractivity contribution in [3.8, 4) is 0 Å². The van der Waals surface area contributed by atoms with Crippen LogP contribution in [0.5, 0.6) is 0 Å². The summed E-state index contributed by atoms with van der Waals surface area (Å²) in [4.78, 5) is 22.6. The predicted molar refractivity (Wildman–Crippen MR) is 51.5 cm³/mol. The second-order valence-corrected chi connectivity index (χ2v) is 3.63. The van der Waals surface area contributed by atoms with Crippen LogP contribution in [0, 0.1) is 23.3 Å². The summed E-state index contributed by atoms with van der Waals surface area (Å²) in [7, 11) is 0. The van der Waals surface area contributed by atoms with Crippen LogP contribution in [0.25, 0.3) is 0 Å². The monoisotopic (exact) mass is 278 g/mol. The van der Waals surface area contributed by atoms with Crippen molar-refractivity contribution in [1.82, 2.24) is 0 Å². The molecular weight excluding hydrogens is 272 g/mol. The number of carbonyl (C=O) groups excluding carboxylic acids is 2. The number of fused-ring (bicyclic) bond motifs is 8. The Hall–Kier alpha value is -2.12. The molecule has 8 heteroatoms. The van der Waals surface area contributed by atoms with Gasteiger partial charge in [-0.15, -0.1) is 0 Å². The van der Waals surface area contributed by atoms with Gasteiger partial charge in [0, 0.05) is 6.42 Å². The highest BCUT2D eigenvalue weighted by atomic mass is 19.2. The fourth-order valence-corrected chi connectivity index (χ4v) is 1.52. The summed E-state index contributed by atoms with van der Waals surface area (Å²) >= 11 is 0. The van der Waals surface area contributed by atoms with E-state index in [-0.39, 0.29) is 19.6 Å². The van der Waals surface area contributed by atoms with Gasteiger partial charge in [0.2, 0.25) is 0 Å². The van der Waals surface area contributed by atoms with Crippen LogP contribution in [0.1, 0.15) is 27.1 Å². The molecule has 0 radical (unpaired) electrons. The van der Waals surface area contributed by atoms with Gasteiger partial charge < -0.3 is 9.47 Å². The zero-order valence-electron chi connectivity index (χ0n) is 9.27. The van der Waals surface area contributed by atoms with Crippen LogP contribution in [-0.4, -0.2) is 25.2 Å². The Bertz CT molecular complexity index is 492. The summed E-state index contributed by atoms with van der Waals surface area (Å²) in [5.41, 5.74) is -3.01. The molecule has 0 N–H and O–H groups in total. The van der Waals surface area contributed by atoms with Crippen LogP contribution in [-0.2, 0) is 9.47 Å². The minimum absolute atomic E-state index is 0.0323. The number of ether oxygens (including phenoxy) is 2. The minimum atomic E-state index is -1.99. The number of carbonyl (C=O) groups is 2. The second-order valence-electron chi connectivity index (χ2n) is 3.63. The van der Waals surface area contributed by atoms with E-state index in [0.29, 0.717) is 0 Å². The lowest BCUT2D eigenvalue weighted by Gasteiger charge is -2.09. The van der Waals surface area contributed by atoms with Crippen molar-refractivity contribution >= 4 is 11.9 Å². The predicted octanol–water partition coefficient (Wildman–Crippen LogP) is 1.96. The van der Waals surface area contributed by atoms with E-state index in [9.17, 15) is 27.2 Å². The standard InChI is InChI=1S/C11H6F4O4/c12-6-4-7(13)9(15)5(8(6)14)11(17)19-3-1-2-18-10(4)16/h1-3H2. The molecular formula is C11H6F4O4. The van der Waals surface area contributed by atoms with E-state index in [1.165, 1.54) is 0 Å². The highest BCUT2D eigenvalue weighted by Gasteiger charge is 2.34. The average molecular weight is 278 g/mol. The Kier molecular flexibility index (Phi) is 3.41. The van der Waals surface area contributed by atoms with Crippen LogP contribution in [0.4, 0.5) is 17.6 Å². The van der Waals surface area contributed by atoms with E-state index in [1.54, 1.807) is 0 Å². The molecule has 2 aliphatic heterocycles. The highest BCUT2D eigenvalue weighted by Crippen LogP contribution is 2.26. The third-order valence-electron chi connectivity index (χ3n) is 2.43. The molecule has 2 bridgehead atoms. The SMILES string of the molecule is O=C1OCCCOC(=O)c2c(F)c(F)c1c(F)c2F. The van der Waals surface area contributed by atoms with Gasteiger partial charge >= 0.3 is 11.9 Å². The molecule has 2 heterocycles. The molecule has 0 aromatic heterocycles. The molecule has 102 valence electrons. The molecule has 19 heavy (non-hydrogen) atoms. The van der Waals surface area contributed by atoms with E-state index < -0.39 is 46.3 Å². The molecule has 0 aliphatic carbocycles. The van der Waals surface area contributed by atoms with Gasteiger partial charge in [0.25, 0.3) is 0 Å². The van der Waals surface area contributed by atoms with Gasteiger partial charge in [-0.1, -0.05) is 0 Å². The Morgan fingerprint density at radius 2 is 1.00 bits per heavy atom. The van der Waals surface area contributed by atoms with Gasteiger partial charge in [0.1, 0.15) is 11.1 Å². The van der Waals surface area contributed by atoms with Crippen molar-refractivity contribution in [2.24, 2.45) is 0 Å². The number of hydrogen-bond acceptors (Lipinski definition) is 4. The topological polar surface area (TPSA) is 52.6 Å². The summed E-state index contributed by atoms with van der Waals surface area (Å²) < 4.78 is 62.8. The molecule has 0 amide bonds. The maximum atomic E-state index is 13.5. The van der Waals surface area contributed by atoms with E-state index in [0.717, 1.165) is 0 Å². The smallest absolute Gasteiger partial charge is 0.344 e. The normalized spacial score (nSPS) is 15.8. The lowest BCUT2D eigenvalue weighted by molar-refractivity contribution is 0.0397. The molecule has 0 saturated carbocycles. The van der Waals surface area contributed by atoms with E-state index >= 15 is 0 Å². The first kappa shape index (κ1) is 13.3. The van der Waals surface area contributed by atoms with Gasteiger partial charge in [0.05, 0.1) is 13.2 Å². The Labute approximate surface area is 103 Å². The number of esters is 2. The van der Waals surface area contributed by atoms with Gasteiger partial charge in [-0.3, -0.25) is 0 Å². The number of halogens is 4. The lowest BCUT2D eigenvalue weighted by Crippen LogP contribution is -2.18. The molecule has 1 aromatic carbocycles. The molecule has 0 unspecified atom stereocenters. The lowest BCUT2D eigenvalue weighted by atomic mass is 10.1. The molecule has 0 atom stereocenters. The number of benzene rings is 1. The summed E-state index contributed by atoms with van der Waals surface area (Å²) in [6.07, 6.45) is 0.0323. The average Bonchev–Trinajstić information content (AvgIpc) is 2.38. The van der Waals surface area contributed by atoms with Crippen molar-refractivity contribution in [3.05, 3.63) is 34.4 Å². The van der Waals surface area contributed by atoms with Crippen molar-refractivity contribution < 1.29 is 36.6 Å². The Balaban J connectivity index is 2.74. The first-order valence-corrected chi connectivity index (χ1v) is 5.15. The van der Waals surface area contributed by atoms with Crippen LogP contribution < -0.4 is 0 Å². The summed E-state index contributed by atoms with van der Waals surface area (Å²) in [5, 5.41) is 0. The summed E-state index contributed by atoms with van der Waals surface area (Å²) in [6, 6.07) is 0. The number of rotatable bonds is 0. The fraction of sp³-hybridized carbons (Fsp3) is 0.273. The molecule has 0 spiro atoms. The Morgan fingerprint density at radius 1 is 0.684 bits per heavy atom. The van der Waals surface area contributed by atoms with E-state index in [2.05, 4.69) is 9.47 Å². The third-order valence-corrected chi connectivity index (χ3v) is 2.43. The Morgan fingerprint density at radius 3 is 1.32 bits per heavy atom. The summed E-state index contributed by atoms with van der Waals surface area (Å²) in [6.45, 7) is -0.622. The van der Waals surface area contributed by atoms with Crippen LogP contribution in [0.3, 0.4) is 0 Å². The van der Waals surface area contributed by atoms with Crippen molar-refractivity contribution in [2.75, 3.05) is 13.2 Å². The van der Waals surface area contributed by atoms with Crippen LogP contribution in [0.2, 0.25) is 0 Å². The largest absolute Gasteiger partial charge is 0.462 e. The third kappa shape index (κ3) is 2.13. The maximum absolute atomic E-state index is 13.5. The second kappa shape index (κ2) is 4.87. The van der Waals surface area contributed by atoms with Gasteiger partial charge in [-0.25, -0.2) is 27.2 Å². The van der Waals surface area contributed by atoms with Crippen molar-refractivity contribution in [2.45, 2.75) is 6.42 Å². The molecule has 0 fully saturated rings. The van der Waals surface area contributed by atoms with Crippen LogP contribution >= 0.6 is 0 Å². The highest BCUT2D eigenvalue weighted by molar-refractivity contribution is 5.94. The van der Waals surface area contributed by atoms with Crippen molar-refractivity contribution in [1.29, 1.82) is 0 Å².